The van der Waals surface area contributed by atoms with Gasteiger partial charge in [0.15, 0.2) is 0 Å². The molecule has 0 N–H and O–H groups in total. The highest BCUT2D eigenvalue weighted by Crippen LogP contribution is 2.38. The van der Waals surface area contributed by atoms with Gasteiger partial charge in [0.25, 0.3) is 0 Å². The number of fused-ring (bicyclic) bond motifs is 3. The van der Waals surface area contributed by atoms with E-state index in [0.717, 1.165) is 6.42 Å². The molecule has 2 aromatic carbocycles. The summed E-state index contributed by atoms with van der Waals surface area (Å²) in [5.41, 5.74) is 7.46. The molecule has 0 unspecified atom stereocenters. The van der Waals surface area contributed by atoms with Crippen molar-refractivity contribution in [2.24, 2.45) is 5.92 Å². The first kappa shape index (κ1) is 11.7. The predicted molar refractivity (Wildman–Crippen MR) is 84.8 cm³/mol. The van der Waals surface area contributed by atoms with Crippen LogP contribution in [0.5, 0.6) is 0 Å². The molecule has 0 saturated heterocycles. The molecule has 0 saturated carbocycles. The van der Waals surface area contributed by atoms with Crippen molar-refractivity contribution in [2.75, 3.05) is 0 Å². The van der Waals surface area contributed by atoms with Crippen LogP contribution in [0.1, 0.15) is 23.1 Å². The Labute approximate surface area is 120 Å². The van der Waals surface area contributed by atoms with Gasteiger partial charge in [-0.2, -0.15) is 0 Å². The highest BCUT2D eigenvalue weighted by molar-refractivity contribution is 5.77. The van der Waals surface area contributed by atoms with E-state index >= 15 is 0 Å². The maximum atomic E-state index is 2.31. The highest BCUT2D eigenvalue weighted by Gasteiger charge is 2.20. The minimum atomic E-state index is 0.634. The zero-order valence-electron chi connectivity index (χ0n) is 11.5. The number of rotatable bonds is 3. The Morgan fingerprint density at radius 1 is 0.850 bits per heavy atom. The predicted octanol–water partition coefficient (Wildman–Crippen LogP) is 4.93. The van der Waals surface area contributed by atoms with E-state index in [0.29, 0.717) is 5.92 Å². The molecule has 0 bridgehead atoms. The lowest BCUT2D eigenvalue weighted by Gasteiger charge is -2.10. The minimum absolute atomic E-state index is 0.634. The van der Waals surface area contributed by atoms with Crippen molar-refractivity contribution in [1.82, 2.24) is 0 Å². The van der Waals surface area contributed by atoms with Crippen LogP contribution in [0.15, 0.2) is 66.8 Å². The van der Waals surface area contributed by atoms with Crippen molar-refractivity contribution in [1.29, 1.82) is 0 Å². The van der Waals surface area contributed by atoms with Crippen LogP contribution < -0.4 is 0 Å². The number of hydrogen-bond donors (Lipinski definition) is 0. The molecule has 2 aliphatic rings. The average molecular weight is 258 g/mol. The third kappa shape index (κ3) is 1.92. The molecule has 0 aromatic heterocycles. The number of benzene rings is 2. The largest absolute Gasteiger partial charge is 0.0776 e. The molecule has 0 radical (unpaired) electrons. The fourth-order valence-corrected chi connectivity index (χ4v) is 3.45. The zero-order valence-corrected chi connectivity index (χ0v) is 11.5. The molecule has 0 heteroatoms. The van der Waals surface area contributed by atoms with E-state index in [1.165, 1.54) is 35.1 Å². The van der Waals surface area contributed by atoms with Gasteiger partial charge in [0.1, 0.15) is 0 Å². The molecule has 98 valence electrons. The summed E-state index contributed by atoms with van der Waals surface area (Å²) in [5, 5.41) is 0. The summed E-state index contributed by atoms with van der Waals surface area (Å²) in [6, 6.07) is 15.6. The lowest BCUT2D eigenvalue weighted by molar-refractivity contribution is 0.712. The fraction of sp³-hybridized carbons (Fsp3) is 0.200. The molecule has 4 rings (SSSR count). The SMILES string of the molecule is C1=CC(CCc2cccc3c2Cc2ccccc2-3)C=C1. The molecule has 0 aliphatic heterocycles. The second-order valence-electron chi connectivity index (χ2n) is 5.75. The smallest absolute Gasteiger partial charge is 0.00107 e. The fourth-order valence-electron chi connectivity index (χ4n) is 3.45. The van der Waals surface area contributed by atoms with E-state index in [-0.39, 0.29) is 0 Å². The van der Waals surface area contributed by atoms with Crippen LogP contribution in [-0.2, 0) is 12.8 Å². The molecule has 0 heterocycles. The lowest BCUT2D eigenvalue weighted by atomic mass is 9.94. The van der Waals surface area contributed by atoms with Gasteiger partial charge in [-0.1, -0.05) is 66.8 Å². The first-order chi connectivity index (χ1) is 9.92. The number of aryl methyl sites for hydroxylation is 1. The normalized spacial score (nSPS) is 15.6. The van der Waals surface area contributed by atoms with Crippen LogP contribution in [0.3, 0.4) is 0 Å². The van der Waals surface area contributed by atoms with E-state index in [4.69, 9.17) is 0 Å². The molecule has 20 heavy (non-hydrogen) atoms. The first-order valence-electron chi connectivity index (χ1n) is 7.46. The third-order valence-electron chi connectivity index (χ3n) is 4.52. The van der Waals surface area contributed by atoms with Gasteiger partial charge in [-0.15, -0.1) is 0 Å². The Morgan fingerprint density at radius 3 is 2.55 bits per heavy atom. The number of allylic oxidation sites excluding steroid dienone is 4. The van der Waals surface area contributed by atoms with Gasteiger partial charge >= 0.3 is 0 Å². The minimum Gasteiger partial charge on any atom is -0.0776 e. The monoisotopic (exact) mass is 258 g/mol. The van der Waals surface area contributed by atoms with E-state index in [9.17, 15) is 0 Å². The van der Waals surface area contributed by atoms with Gasteiger partial charge in [-0.25, -0.2) is 0 Å². The van der Waals surface area contributed by atoms with E-state index < -0.39 is 0 Å². The highest BCUT2D eigenvalue weighted by atomic mass is 14.2. The molecule has 2 aromatic rings. The van der Waals surface area contributed by atoms with Crippen molar-refractivity contribution in [3.63, 3.8) is 0 Å². The molecular formula is C20H18. The van der Waals surface area contributed by atoms with Crippen molar-refractivity contribution < 1.29 is 0 Å². The van der Waals surface area contributed by atoms with Crippen LogP contribution in [0.4, 0.5) is 0 Å². The van der Waals surface area contributed by atoms with E-state index in [1.807, 2.05) is 0 Å². The van der Waals surface area contributed by atoms with Gasteiger partial charge in [-0.05, 0) is 53.0 Å². The van der Waals surface area contributed by atoms with Crippen molar-refractivity contribution in [3.8, 4) is 11.1 Å². The summed E-state index contributed by atoms with van der Waals surface area (Å²) < 4.78 is 0. The first-order valence-corrected chi connectivity index (χ1v) is 7.46. The molecule has 0 nitrogen and oxygen atoms in total. The van der Waals surface area contributed by atoms with Gasteiger partial charge in [0.2, 0.25) is 0 Å². The van der Waals surface area contributed by atoms with E-state index in [1.54, 1.807) is 5.56 Å². The molecule has 2 aliphatic carbocycles. The topological polar surface area (TPSA) is 0 Å². The van der Waals surface area contributed by atoms with Gasteiger partial charge in [0.05, 0.1) is 0 Å². The second kappa shape index (κ2) is 4.79. The number of hydrogen-bond acceptors (Lipinski definition) is 0. The Hall–Kier alpha value is -2.08. The molecule has 0 atom stereocenters. The summed E-state index contributed by atoms with van der Waals surface area (Å²) >= 11 is 0. The van der Waals surface area contributed by atoms with Crippen LogP contribution in [-0.4, -0.2) is 0 Å². The summed E-state index contributed by atoms with van der Waals surface area (Å²) in [4.78, 5) is 0. The van der Waals surface area contributed by atoms with E-state index in [2.05, 4.69) is 66.8 Å². The summed E-state index contributed by atoms with van der Waals surface area (Å²) in [5.74, 6) is 0.634. The molecular weight excluding hydrogens is 240 g/mol. The van der Waals surface area contributed by atoms with Crippen molar-refractivity contribution >= 4 is 0 Å². The molecule has 0 fully saturated rings. The standard InChI is InChI=1S/C20H18/c1-2-7-15(6-1)12-13-16-9-5-11-19-18-10-4-3-8-17(18)14-20(16)19/h1-11,15H,12-14H2. The van der Waals surface area contributed by atoms with Crippen LogP contribution in [0, 0.1) is 5.92 Å². The average Bonchev–Trinajstić information content (AvgIpc) is 3.12. The van der Waals surface area contributed by atoms with Crippen LogP contribution >= 0.6 is 0 Å². The van der Waals surface area contributed by atoms with Gasteiger partial charge in [0, 0.05) is 0 Å². The van der Waals surface area contributed by atoms with Crippen molar-refractivity contribution in [3.05, 3.63) is 83.5 Å². The zero-order chi connectivity index (χ0) is 13.4. The van der Waals surface area contributed by atoms with Crippen LogP contribution in [0.25, 0.3) is 11.1 Å². The second-order valence-corrected chi connectivity index (χ2v) is 5.75. The molecule has 0 spiro atoms. The quantitative estimate of drug-likeness (QED) is 0.624. The summed E-state index contributed by atoms with van der Waals surface area (Å²) in [6.45, 7) is 0. The van der Waals surface area contributed by atoms with Gasteiger partial charge in [-0.3, -0.25) is 0 Å². The Morgan fingerprint density at radius 2 is 1.65 bits per heavy atom. The maximum Gasteiger partial charge on any atom is -0.00107 e. The Balaban J connectivity index is 1.63. The van der Waals surface area contributed by atoms with Crippen LogP contribution in [0.2, 0.25) is 0 Å². The Kier molecular flexibility index (Phi) is 2.81. The van der Waals surface area contributed by atoms with Gasteiger partial charge < -0.3 is 0 Å². The third-order valence-corrected chi connectivity index (χ3v) is 4.52. The Bertz CT molecular complexity index is 692. The van der Waals surface area contributed by atoms with Crippen molar-refractivity contribution in [2.45, 2.75) is 19.3 Å². The maximum absolute atomic E-state index is 2.31. The molecule has 0 amide bonds. The lowest BCUT2D eigenvalue weighted by Crippen LogP contribution is -1.97. The summed E-state index contributed by atoms with van der Waals surface area (Å²) in [6.07, 6.45) is 12.4. The summed E-state index contributed by atoms with van der Waals surface area (Å²) in [7, 11) is 0.